The Labute approximate surface area is 134 Å². The molecule has 0 saturated carbocycles. The number of rotatable bonds is 4. The lowest BCUT2D eigenvalue weighted by Crippen LogP contribution is -2.15. The fourth-order valence-electron chi connectivity index (χ4n) is 1.62. The van der Waals surface area contributed by atoms with Gasteiger partial charge in [0.2, 0.25) is 0 Å². The number of ether oxygens (including phenoxy) is 1. The summed E-state index contributed by atoms with van der Waals surface area (Å²) < 4.78 is 5.85. The van der Waals surface area contributed by atoms with Crippen LogP contribution in [0.15, 0.2) is 34.8 Å². The van der Waals surface area contributed by atoms with Gasteiger partial charge in [-0.1, -0.05) is 11.6 Å². The number of benzene rings is 1. The van der Waals surface area contributed by atoms with E-state index in [4.69, 9.17) is 22.2 Å². The highest BCUT2D eigenvalue weighted by Crippen LogP contribution is 2.27. The van der Waals surface area contributed by atoms with Crippen LogP contribution < -0.4 is 21.3 Å². The van der Waals surface area contributed by atoms with Crippen molar-refractivity contribution in [1.29, 1.82) is 0 Å². The summed E-state index contributed by atoms with van der Waals surface area (Å²) in [5.41, 5.74) is 3.26. The number of aromatic nitrogens is 1. The van der Waals surface area contributed by atoms with Crippen LogP contribution in [0.5, 0.6) is 5.75 Å². The molecular weight excluding hydrogens is 360 g/mol. The summed E-state index contributed by atoms with van der Waals surface area (Å²) in [5, 5.41) is 2.93. The minimum Gasteiger partial charge on any atom is -0.497 e. The monoisotopic (exact) mass is 370 g/mol. The van der Waals surface area contributed by atoms with Crippen LogP contribution in [0.1, 0.15) is 10.4 Å². The highest BCUT2D eigenvalue weighted by atomic mass is 79.9. The number of carbonyl (C=O) groups is 1. The third-order valence-corrected chi connectivity index (χ3v) is 3.51. The second kappa shape index (κ2) is 6.75. The minimum absolute atomic E-state index is 0.167. The predicted octanol–water partition coefficient (Wildman–Crippen LogP) is 3.04. The number of nitrogen functional groups attached to an aromatic ring is 1. The van der Waals surface area contributed by atoms with Crippen LogP contribution in [0, 0.1) is 0 Å². The molecular formula is C13H12BrClN4O2. The number of nitrogens with two attached hydrogens (primary N) is 1. The van der Waals surface area contributed by atoms with Gasteiger partial charge in [-0.05, 0) is 40.2 Å². The van der Waals surface area contributed by atoms with Gasteiger partial charge in [-0.3, -0.25) is 4.79 Å². The van der Waals surface area contributed by atoms with E-state index in [1.165, 1.54) is 12.1 Å². The number of pyridine rings is 1. The van der Waals surface area contributed by atoms with E-state index in [0.717, 1.165) is 4.47 Å². The van der Waals surface area contributed by atoms with Gasteiger partial charge in [0.05, 0.1) is 12.8 Å². The quantitative estimate of drug-likeness (QED) is 0.437. The van der Waals surface area contributed by atoms with Gasteiger partial charge in [-0.25, -0.2) is 10.8 Å². The maximum atomic E-state index is 12.3. The summed E-state index contributed by atoms with van der Waals surface area (Å²) >= 11 is 9.20. The van der Waals surface area contributed by atoms with E-state index in [2.05, 4.69) is 31.7 Å². The van der Waals surface area contributed by atoms with Gasteiger partial charge in [-0.15, -0.1) is 0 Å². The van der Waals surface area contributed by atoms with Gasteiger partial charge in [-0.2, -0.15) is 0 Å². The third kappa shape index (κ3) is 3.84. The van der Waals surface area contributed by atoms with E-state index >= 15 is 0 Å². The Hall–Kier alpha value is -1.83. The van der Waals surface area contributed by atoms with E-state index in [9.17, 15) is 4.79 Å². The number of anilines is 2. The lowest BCUT2D eigenvalue weighted by atomic mass is 10.2. The number of methoxy groups -OCH3 is 1. The zero-order chi connectivity index (χ0) is 15.4. The first kappa shape index (κ1) is 15.6. The van der Waals surface area contributed by atoms with E-state index in [1.807, 2.05) is 0 Å². The molecule has 8 heteroatoms. The highest BCUT2D eigenvalue weighted by Gasteiger charge is 2.12. The summed E-state index contributed by atoms with van der Waals surface area (Å²) in [6.07, 6.45) is 0. The second-order valence-corrected chi connectivity index (χ2v) is 5.25. The number of hydrazine groups is 1. The molecule has 21 heavy (non-hydrogen) atoms. The van der Waals surface area contributed by atoms with Crippen molar-refractivity contribution in [3.8, 4) is 5.75 Å². The average Bonchev–Trinajstić information content (AvgIpc) is 2.48. The molecule has 0 bridgehead atoms. The first-order valence-electron chi connectivity index (χ1n) is 5.82. The molecule has 0 unspecified atom stereocenters. The van der Waals surface area contributed by atoms with Gasteiger partial charge < -0.3 is 15.5 Å². The number of nitrogens with zero attached hydrogens (tertiary/aromatic N) is 1. The van der Waals surface area contributed by atoms with Gasteiger partial charge in [0.25, 0.3) is 5.91 Å². The van der Waals surface area contributed by atoms with Gasteiger partial charge in [0, 0.05) is 16.1 Å². The SMILES string of the molecule is COc1ccc(Br)c(NC(=O)c2cc(Cl)nc(NN)c2)c1. The van der Waals surface area contributed by atoms with Crippen molar-refractivity contribution < 1.29 is 9.53 Å². The fraction of sp³-hybridized carbons (Fsp3) is 0.0769. The van der Waals surface area contributed by atoms with E-state index in [-0.39, 0.29) is 11.1 Å². The maximum absolute atomic E-state index is 12.3. The Morgan fingerprint density at radius 1 is 1.38 bits per heavy atom. The first-order valence-corrected chi connectivity index (χ1v) is 6.99. The number of carbonyl (C=O) groups excluding carboxylic acids is 1. The molecule has 0 aliphatic heterocycles. The van der Waals surface area contributed by atoms with Gasteiger partial charge in [0.15, 0.2) is 0 Å². The number of hydrogen-bond acceptors (Lipinski definition) is 5. The van der Waals surface area contributed by atoms with Crippen molar-refractivity contribution in [3.05, 3.63) is 45.5 Å². The van der Waals surface area contributed by atoms with Crippen molar-refractivity contribution in [3.63, 3.8) is 0 Å². The van der Waals surface area contributed by atoms with E-state index < -0.39 is 0 Å². The Kier molecular flexibility index (Phi) is 5.00. The van der Waals surface area contributed by atoms with Crippen molar-refractivity contribution in [2.24, 2.45) is 5.84 Å². The lowest BCUT2D eigenvalue weighted by Gasteiger charge is -2.10. The Bertz CT molecular complexity index is 681. The molecule has 1 amide bonds. The molecule has 6 nitrogen and oxygen atoms in total. The number of nitrogens with one attached hydrogen (secondary N) is 2. The molecule has 110 valence electrons. The van der Waals surface area contributed by atoms with Crippen molar-refractivity contribution in [1.82, 2.24) is 4.98 Å². The van der Waals surface area contributed by atoms with Crippen molar-refractivity contribution >= 4 is 44.9 Å². The number of hydrogen-bond donors (Lipinski definition) is 3. The minimum atomic E-state index is -0.343. The van der Waals surface area contributed by atoms with Crippen LogP contribution in [-0.2, 0) is 0 Å². The van der Waals surface area contributed by atoms with Crippen LogP contribution in [0.2, 0.25) is 5.15 Å². The molecule has 1 aromatic carbocycles. The fourth-order valence-corrected chi connectivity index (χ4v) is 2.18. The van der Waals surface area contributed by atoms with E-state index in [0.29, 0.717) is 22.8 Å². The molecule has 0 aliphatic carbocycles. The van der Waals surface area contributed by atoms with E-state index in [1.54, 1.807) is 25.3 Å². The number of amides is 1. The molecule has 0 radical (unpaired) electrons. The van der Waals surface area contributed by atoms with Crippen molar-refractivity contribution in [2.75, 3.05) is 17.9 Å². The third-order valence-electron chi connectivity index (χ3n) is 2.63. The second-order valence-electron chi connectivity index (χ2n) is 4.01. The molecule has 0 aliphatic rings. The van der Waals surface area contributed by atoms with Gasteiger partial charge in [0.1, 0.15) is 16.7 Å². The summed E-state index contributed by atoms with van der Waals surface area (Å²) in [6.45, 7) is 0. The molecule has 2 rings (SSSR count). The molecule has 0 fully saturated rings. The standard InChI is InChI=1S/C13H12BrClN4O2/c1-21-8-2-3-9(14)10(6-8)17-13(20)7-4-11(15)18-12(5-7)19-16/h2-6H,16H2,1H3,(H,17,20)(H,18,19). The van der Waals surface area contributed by atoms with Crippen LogP contribution in [0.3, 0.4) is 0 Å². The average molecular weight is 372 g/mol. The molecule has 2 aromatic rings. The number of halogens is 2. The molecule has 0 saturated heterocycles. The summed E-state index contributed by atoms with van der Waals surface area (Å²) in [7, 11) is 1.55. The molecule has 1 aromatic heterocycles. The first-order chi connectivity index (χ1) is 10.0. The predicted molar refractivity (Wildman–Crippen MR) is 85.7 cm³/mol. The van der Waals surface area contributed by atoms with Crippen molar-refractivity contribution in [2.45, 2.75) is 0 Å². The molecule has 1 heterocycles. The highest BCUT2D eigenvalue weighted by molar-refractivity contribution is 9.10. The van der Waals surface area contributed by atoms with Gasteiger partial charge >= 0.3 is 0 Å². The zero-order valence-corrected chi connectivity index (χ0v) is 13.3. The zero-order valence-electron chi connectivity index (χ0n) is 11.0. The molecule has 4 N–H and O–H groups in total. The van der Waals surface area contributed by atoms with Crippen LogP contribution in [0.25, 0.3) is 0 Å². The maximum Gasteiger partial charge on any atom is 0.255 e. The Balaban J connectivity index is 2.27. The summed E-state index contributed by atoms with van der Waals surface area (Å²) in [4.78, 5) is 16.2. The smallest absolute Gasteiger partial charge is 0.255 e. The Morgan fingerprint density at radius 3 is 2.81 bits per heavy atom. The molecule has 0 atom stereocenters. The summed E-state index contributed by atoms with van der Waals surface area (Å²) in [5.74, 6) is 5.87. The lowest BCUT2D eigenvalue weighted by molar-refractivity contribution is 0.102. The normalized spacial score (nSPS) is 10.1. The molecule has 0 spiro atoms. The van der Waals surface area contributed by atoms with Crippen LogP contribution >= 0.6 is 27.5 Å². The van der Waals surface area contributed by atoms with Crippen LogP contribution in [0.4, 0.5) is 11.5 Å². The topological polar surface area (TPSA) is 89.3 Å². The van der Waals surface area contributed by atoms with Crippen LogP contribution in [-0.4, -0.2) is 18.0 Å². The summed E-state index contributed by atoms with van der Waals surface area (Å²) in [6, 6.07) is 8.20. The largest absolute Gasteiger partial charge is 0.497 e. The Morgan fingerprint density at radius 2 is 2.14 bits per heavy atom.